The van der Waals surface area contributed by atoms with E-state index in [1.165, 1.54) is 0 Å². The number of hydrogen-bond donors (Lipinski definition) is 1. The lowest BCUT2D eigenvalue weighted by Crippen LogP contribution is -2.15. The topological polar surface area (TPSA) is 46.5 Å². The highest BCUT2D eigenvalue weighted by Gasteiger charge is 2.21. The molecular formula is C19H22O3. The van der Waals surface area contributed by atoms with Crippen molar-refractivity contribution in [3.63, 3.8) is 0 Å². The molecule has 0 fully saturated rings. The van der Waals surface area contributed by atoms with Gasteiger partial charge in [0.25, 0.3) is 0 Å². The summed E-state index contributed by atoms with van der Waals surface area (Å²) < 4.78 is 5.41. The predicted octanol–water partition coefficient (Wildman–Crippen LogP) is 4.11. The van der Waals surface area contributed by atoms with Crippen molar-refractivity contribution < 1.29 is 14.6 Å². The molecule has 2 aromatic rings. The van der Waals surface area contributed by atoms with E-state index in [9.17, 15) is 9.90 Å². The standard InChI is InChI=1S/C19H22O3/c1-4-22-17-9-7-15(8-10-17)18(19(20)21)12-16-11-13(2)5-6-14(16)3/h5-11,18H,4,12H2,1-3H3,(H,20,21). The quantitative estimate of drug-likeness (QED) is 0.873. The molecule has 0 aliphatic heterocycles. The molecule has 2 rings (SSSR count). The zero-order chi connectivity index (χ0) is 16.1. The Morgan fingerprint density at radius 2 is 1.82 bits per heavy atom. The molecule has 3 heteroatoms. The maximum atomic E-state index is 11.7. The Morgan fingerprint density at radius 3 is 2.41 bits per heavy atom. The lowest BCUT2D eigenvalue weighted by Gasteiger charge is -2.15. The SMILES string of the molecule is CCOc1ccc(C(Cc2cc(C)ccc2C)C(=O)O)cc1. The number of rotatable bonds is 6. The summed E-state index contributed by atoms with van der Waals surface area (Å²) in [6.07, 6.45) is 0.497. The normalized spacial score (nSPS) is 12.0. The number of aliphatic carboxylic acids is 1. The van der Waals surface area contributed by atoms with Crippen LogP contribution in [0.4, 0.5) is 0 Å². The van der Waals surface area contributed by atoms with Crippen molar-refractivity contribution in [3.05, 3.63) is 64.7 Å². The van der Waals surface area contributed by atoms with Crippen molar-refractivity contribution in [2.75, 3.05) is 6.61 Å². The van der Waals surface area contributed by atoms with Crippen LogP contribution in [-0.4, -0.2) is 17.7 Å². The molecule has 0 aliphatic rings. The molecule has 0 aliphatic carbocycles. The summed E-state index contributed by atoms with van der Waals surface area (Å²) in [6, 6.07) is 13.5. The molecule has 0 heterocycles. The summed E-state index contributed by atoms with van der Waals surface area (Å²) in [5.74, 6) is -0.580. The molecule has 0 aromatic heterocycles. The molecule has 1 atom stereocenters. The molecule has 0 spiro atoms. The van der Waals surface area contributed by atoms with Gasteiger partial charge in [-0.1, -0.05) is 35.9 Å². The minimum absolute atomic E-state index is 0.497. The molecule has 1 unspecified atom stereocenters. The van der Waals surface area contributed by atoms with Crippen LogP contribution in [0.5, 0.6) is 5.75 Å². The number of carboxylic acids is 1. The van der Waals surface area contributed by atoms with Crippen LogP contribution in [0.15, 0.2) is 42.5 Å². The average molecular weight is 298 g/mol. The van der Waals surface area contributed by atoms with E-state index in [-0.39, 0.29) is 0 Å². The van der Waals surface area contributed by atoms with E-state index in [0.717, 1.165) is 28.0 Å². The Balaban J connectivity index is 2.26. The Hall–Kier alpha value is -2.29. The van der Waals surface area contributed by atoms with E-state index < -0.39 is 11.9 Å². The lowest BCUT2D eigenvalue weighted by molar-refractivity contribution is -0.138. The van der Waals surface area contributed by atoms with Gasteiger partial charge >= 0.3 is 5.97 Å². The van der Waals surface area contributed by atoms with Gasteiger partial charge in [-0.25, -0.2) is 0 Å². The van der Waals surface area contributed by atoms with Crippen LogP contribution in [0.3, 0.4) is 0 Å². The number of carbonyl (C=O) groups is 1. The van der Waals surface area contributed by atoms with Crippen molar-refractivity contribution in [1.82, 2.24) is 0 Å². The second-order valence-corrected chi connectivity index (χ2v) is 5.53. The zero-order valence-electron chi connectivity index (χ0n) is 13.3. The van der Waals surface area contributed by atoms with E-state index in [0.29, 0.717) is 13.0 Å². The average Bonchev–Trinajstić information content (AvgIpc) is 2.49. The highest BCUT2D eigenvalue weighted by atomic mass is 16.5. The first-order chi connectivity index (χ1) is 10.5. The molecule has 0 bridgehead atoms. The van der Waals surface area contributed by atoms with Gasteiger partial charge in [0.2, 0.25) is 0 Å². The van der Waals surface area contributed by atoms with Gasteiger partial charge in [0.05, 0.1) is 12.5 Å². The van der Waals surface area contributed by atoms with Crippen LogP contribution in [0.25, 0.3) is 0 Å². The van der Waals surface area contributed by atoms with E-state index in [4.69, 9.17) is 4.74 Å². The number of ether oxygens (including phenoxy) is 1. The van der Waals surface area contributed by atoms with E-state index in [2.05, 4.69) is 6.07 Å². The van der Waals surface area contributed by atoms with Gasteiger partial charge in [-0.3, -0.25) is 4.79 Å². The molecular weight excluding hydrogens is 276 g/mol. The van der Waals surface area contributed by atoms with Crippen LogP contribution >= 0.6 is 0 Å². The van der Waals surface area contributed by atoms with Gasteiger partial charge in [0, 0.05) is 0 Å². The van der Waals surface area contributed by atoms with Crippen LogP contribution in [-0.2, 0) is 11.2 Å². The third-order valence-electron chi connectivity index (χ3n) is 3.82. The summed E-state index contributed by atoms with van der Waals surface area (Å²) in [6.45, 7) is 6.57. The highest BCUT2D eigenvalue weighted by Crippen LogP contribution is 2.25. The fourth-order valence-corrected chi connectivity index (χ4v) is 2.55. The minimum atomic E-state index is -0.801. The molecule has 0 saturated carbocycles. The maximum Gasteiger partial charge on any atom is 0.311 e. The summed E-state index contributed by atoms with van der Waals surface area (Å²) in [5, 5.41) is 9.59. The highest BCUT2D eigenvalue weighted by molar-refractivity contribution is 5.76. The van der Waals surface area contributed by atoms with Crippen LogP contribution in [0, 0.1) is 13.8 Å². The molecule has 1 N–H and O–H groups in total. The summed E-state index contributed by atoms with van der Waals surface area (Å²) in [4.78, 5) is 11.7. The molecule has 2 aromatic carbocycles. The Bertz CT molecular complexity index is 644. The fraction of sp³-hybridized carbons (Fsp3) is 0.316. The molecule has 22 heavy (non-hydrogen) atoms. The minimum Gasteiger partial charge on any atom is -0.494 e. The molecule has 0 amide bonds. The zero-order valence-corrected chi connectivity index (χ0v) is 13.3. The maximum absolute atomic E-state index is 11.7. The summed E-state index contributed by atoms with van der Waals surface area (Å²) in [7, 11) is 0. The van der Waals surface area contributed by atoms with E-state index in [1.54, 1.807) is 0 Å². The van der Waals surface area contributed by atoms with Crippen LogP contribution in [0.1, 0.15) is 35.1 Å². The van der Waals surface area contributed by atoms with Gasteiger partial charge in [0.1, 0.15) is 5.75 Å². The molecule has 116 valence electrons. The van der Waals surface area contributed by atoms with Crippen molar-refractivity contribution in [2.24, 2.45) is 0 Å². The predicted molar refractivity (Wildman–Crippen MR) is 87.6 cm³/mol. The Kier molecular flexibility index (Phi) is 5.21. The van der Waals surface area contributed by atoms with Gasteiger partial charge < -0.3 is 9.84 Å². The molecule has 3 nitrogen and oxygen atoms in total. The number of aryl methyl sites for hydroxylation is 2. The number of hydrogen-bond acceptors (Lipinski definition) is 2. The van der Waals surface area contributed by atoms with Gasteiger partial charge in [-0.05, 0) is 56.0 Å². The second kappa shape index (κ2) is 7.12. The molecule has 0 radical (unpaired) electrons. The fourth-order valence-electron chi connectivity index (χ4n) is 2.55. The Labute approximate surface area is 131 Å². The summed E-state index contributed by atoms with van der Waals surface area (Å²) >= 11 is 0. The van der Waals surface area contributed by atoms with Gasteiger partial charge in [0.15, 0.2) is 0 Å². The lowest BCUT2D eigenvalue weighted by atomic mass is 9.89. The monoisotopic (exact) mass is 298 g/mol. The van der Waals surface area contributed by atoms with Gasteiger partial charge in [-0.2, -0.15) is 0 Å². The van der Waals surface area contributed by atoms with Crippen LogP contribution < -0.4 is 4.74 Å². The first-order valence-corrected chi connectivity index (χ1v) is 7.53. The van der Waals surface area contributed by atoms with E-state index >= 15 is 0 Å². The third-order valence-corrected chi connectivity index (χ3v) is 3.82. The Morgan fingerprint density at radius 1 is 1.14 bits per heavy atom. The van der Waals surface area contributed by atoms with Crippen molar-refractivity contribution >= 4 is 5.97 Å². The first-order valence-electron chi connectivity index (χ1n) is 7.53. The third kappa shape index (κ3) is 3.88. The van der Waals surface area contributed by atoms with Crippen LogP contribution in [0.2, 0.25) is 0 Å². The van der Waals surface area contributed by atoms with Crippen molar-refractivity contribution in [3.8, 4) is 5.75 Å². The first kappa shape index (κ1) is 16.1. The number of carboxylic acid groups (broad SMARTS) is 1. The largest absolute Gasteiger partial charge is 0.494 e. The smallest absolute Gasteiger partial charge is 0.311 e. The van der Waals surface area contributed by atoms with E-state index in [1.807, 2.05) is 57.2 Å². The summed E-state index contributed by atoms with van der Waals surface area (Å²) in [5.41, 5.74) is 4.16. The second-order valence-electron chi connectivity index (χ2n) is 5.53. The van der Waals surface area contributed by atoms with Crippen molar-refractivity contribution in [1.29, 1.82) is 0 Å². The van der Waals surface area contributed by atoms with Crippen molar-refractivity contribution in [2.45, 2.75) is 33.1 Å². The number of benzene rings is 2. The molecule has 0 saturated heterocycles. The van der Waals surface area contributed by atoms with Gasteiger partial charge in [-0.15, -0.1) is 0 Å².